The molecule has 0 amide bonds. The van der Waals surface area contributed by atoms with E-state index in [-0.39, 0.29) is 49.2 Å². The number of phenolic OH excluding ortho intramolecular Hbond substituents is 1. The summed E-state index contributed by atoms with van der Waals surface area (Å²) in [5, 5.41) is 21.9. The second-order valence-corrected chi connectivity index (χ2v) is 15.4. The van der Waals surface area contributed by atoms with Crippen LogP contribution in [-0.2, 0) is 33.1 Å². The van der Waals surface area contributed by atoms with Crippen molar-refractivity contribution < 1.29 is 45.6 Å². The number of para-hydroxylation sites is 2. The summed E-state index contributed by atoms with van der Waals surface area (Å²) in [6, 6.07) is 21.8. The topological polar surface area (TPSA) is 173 Å². The number of benzene rings is 4. The SMILES string of the molecule is CCCCCCCCc1cccc(Oc2c(O)cccc2S(=O)(=O)O)c1.CCCCCCCCc1cccc(Oc2c([O-])cccc2S(=O)(=O)[O-])c1.[Ca+2]. The van der Waals surface area contributed by atoms with Gasteiger partial charge in [-0.25, -0.2) is 8.42 Å². The van der Waals surface area contributed by atoms with Gasteiger partial charge in [-0.3, -0.25) is 4.55 Å². The van der Waals surface area contributed by atoms with Crippen LogP contribution in [0.1, 0.15) is 102 Å². The summed E-state index contributed by atoms with van der Waals surface area (Å²) in [6.07, 6.45) is 16.3. The molecule has 4 aromatic carbocycles. The Morgan fingerprint density at radius 3 is 1.51 bits per heavy atom. The second kappa shape index (κ2) is 23.8. The fourth-order valence-corrected chi connectivity index (χ4v) is 6.83. The maximum absolute atomic E-state index is 11.9. The Labute approximate surface area is 345 Å². The Hall–Kier alpha value is -2.84. The molecule has 10 nitrogen and oxygen atoms in total. The van der Waals surface area contributed by atoms with Gasteiger partial charge in [-0.1, -0.05) is 126 Å². The average Bonchev–Trinajstić information content (AvgIpc) is 3.09. The predicted octanol–water partition coefficient (Wildman–Crippen LogP) is 9.31. The normalized spacial score (nSPS) is 11.2. The average molecular weight is 795 g/mol. The molecule has 0 fully saturated rings. The van der Waals surface area contributed by atoms with Gasteiger partial charge < -0.3 is 24.2 Å². The van der Waals surface area contributed by atoms with Crippen LogP contribution in [0.2, 0.25) is 0 Å². The van der Waals surface area contributed by atoms with Crippen LogP contribution in [0.5, 0.6) is 34.5 Å². The van der Waals surface area contributed by atoms with Crippen LogP contribution in [0.25, 0.3) is 0 Å². The van der Waals surface area contributed by atoms with Crippen LogP contribution in [-0.4, -0.2) is 68.8 Å². The first-order valence-electron chi connectivity index (χ1n) is 17.9. The molecule has 0 spiro atoms. The minimum atomic E-state index is -4.79. The Morgan fingerprint density at radius 1 is 0.585 bits per heavy atom. The van der Waals surface area contributed by atoms with Crippen LogP contribution < -0.4 is 14.6 Å². The zero-order valence-corrected chi connectivity index (χ0v) is 34.5. The van der Waals surface area contributed by atoms with Crippen LogP contribution >= 0.6 is 0 Å². The third kappa shape index (κ3) is 16.6. The molecule has 4 rings (SSSR count). The third-order valence-corrected chi connectivity index (χ3v) is 10.1. The number of hydrogen-bond donors (Lipinski definition) is 2. The summed E-state index contributed by atoms with van der Waals surface area (Å²) >= 11 is 0. The first-order chi connectivity index (χ1) is 24.8. The quantitative estimate of drug-likeness (QED) is 0.0499. The molecule has 0 aromatic heterocycles. The van der Waals surface area contributed by atoms with Crippen LogP contribution in [0.3, 0.4) is 0 Å². The van der Waals surface area contributed by atoms with Crippen molar-refractivity contribution in [3.8, 4) is 34.5 Å². The number of phenols is 1. The van der Waals surface area contributed by atoms with E-state index in [1.807, 2.05) is 24.3 Å². The summed E-state index contributed by atoms with van der Waals surface area (Å²) in [5.74, 6) is -0.933. The Morgan fingerprint density at radius 2 is 1.02 bits per heavy atom. The maximum Gasteiger partial charge on any atom is 2.00 e. The predicted molar refractivity (Wildman–Crippen MR) is 205 cm³/mol. The number of rotatable bonds is 20. The molecule has 53 heavy (non-hydrogen) atoms. The standard InChI is InChI=1S/2C20H26O5S.Ca/c2*1-2-3-4-5-6-7-10-16-11-8-12-17(15-16)25-20-18(21)13-9-14-19(20)26(22,23)24;/h2*8-9,11-15,21H,2-7,10H2,1H3,(H,22,23,24);/q;;+2/p-2. The van der Waals surface area contributed by atoms with Gasteiger partial charge in [-0.2, -0.15) is 8.42 Å². The smallest absolute Gasteiger partial charge is 0.870 e. The zero-order chi connectivity index (χ0) is 38.0. The van der Waals surface area contributed by atoms with Gasteiger partial charge in [-0.05, 0) is 79.3 Å². The molecule has 0 heterocycles. The molecule has 4 aromatic rings. The molecule has 2 N–H and O–H groups in total. The first kappa shape index (κ1) is 46.3. The van der Waals surface area contributed by atoms with Gasteiger partial charge in [0.25, 0.3) is 10.1 Å². The Bertz CT molecular complexity index is 1780. The number of aryl methyl sites for hydroxylation is 2. The van der Waals surface area contributed by atoms with E-state index in [2.05, 4.69) is 13.8 Å². The molecule has 0 unspecified atom stereocenters. The molecule has 0 radical (unpaired) electrons. The monoisotopic (exact) mass is 794 g/mol. The van der Waals surface area contributed by atoms with Gasteiger partial charge in [0.05, 0.1) is 4.90 Å². The Kier molecular flexibility index (Phi) is 20.8. The Balaban J connectivity index is 0.000000360. The van der Waals surface area contributed by atoms with Gasteiger partial charge in [0.15, 0.2) is 11.5 Å². The van der Waals surface area contributed by atoms with Crippen molar-refractivity contribution in [1.82, 2.24) is 0 Å². The van der Waals surface area contributed by atoms with Crippen molar-refractivity contribution in [3.63, 3.8) is 0 Å². The van der Waals surface area contributed by atoms with E-state index >= 15 is 0 Å². The van der Waals surface area contributed by atoms with Gasteiger partial charge in [-0.15, -0.1) is 0 Å². The van der Waals surface area contributed by atoms with E-state index in [1.54, 1.807) is 24.3 Å². The fourth-order valence-electron chi connectivity index (χ4n) is 5.59. The summed E-state index contributed by atoms with van der Waals surface area (Å²) in [6.45, 7) is 4.39. The van der Waals surface area contributed by atoms with E-state index in [0.717, 1.165) is 49.3 Å². The summed E-state index contributed by atoms with van der Waals surface area (Å²) < 4.78 is 77.3. The van der Waals surface area contributed by atoms with E-state index in [1.165, 1.54) is 88.1 Å². The van der Waals surface area contributed by atoms with Gasteiger partial charge in [0.1, 0.15) is 32.3 Å². The number of ether oxygens (including phenoxy) is 2. The van der Waals surface area contributed by atoms with Gasteiger partial charge in [0, 0.05) is 0 Å². The number of unbranched alkanes of at least 4 members (excludes halogenated alkanes) is 10. The molecule has 284 valence electrons. The second-order valence-electron chi connectivity index (χ2n) is 12.7. The fraction of sp³-hybridized carbons (Fsp3) is 0.400. The summed E-state index contributed by atoms with van der Waals surface area (Å²) in [4.78, 5) is -1.09. The van der Waals surface area contributed by atoms with Crippen molar-refractivity contribution in [1.29, 1.82) is 0 Å². The zero-order valence-electron chi connectivity index (χ0n) is 30.7. The van der Waals surface area contributed by atoms with Crippen LogP contribution in [0.15, 0.2) is 94.7 Å². The van der Waals surface area contributed by atoms with Crippen molar-refractivity contribution in [2.75, 3.05) is 0 Å². The van der Waals surface area contributed by atoms with Crippen molar-refractivity contribution >= 4 is 58.0 Å². The van der Waals surface area contributed by atoms with Crippen LogP contribution in [0, 0.1) is 0 Å². The van der Waals surface area contributed by atoms with Gasteiger partial charge >= 0.3 is 37.7 Å². The number of hydrogen-bond acceptors (Lipinski definition) is 9. The largest absolute Gasteiger partial charge is 2.00 e. The number of aromatic hydroxyl groups is 1. The van der Waals surface area contributed by atoms with E-state index in [4.69, 9.17) is 9.47 Å². The molecular weight excluding hydrogens is 745 g/mol. The summed E-state index contributed by atoms with van der Waals surface area (Å²) in [5.41, 5.74) is 2.13. The van der Waals surface area contributed by atoms with E-state index in [9.17, 15) is 36.2 Å². The molecular formula is C40H50CaO10S2. The maximum atomic E-state index is 11.9. The third-order valence-electron chi connectivity index (χ3n) is 8.32. The van der Waals surface area contributed by atoms with Crippen molar-refractivity contribution in [2.45, 2.75) is 114 Å². The molecule has 0 atom stereocenters. The van der Waals surface area contributed by atoms with E-state index in [0.29, 0.717) is 11.5 Å². The summed E-state index contributed by atoms with van der Waals surface area (Å²) in [7, 11) is -9.28. The molecule has 0 aliphatic carbocycles. The van der Waals surface area contributed by atoms with Gasteiger partial charge in [0.2, 0.25) is 0 Å². The van der Waals surface area contributed by atoms with E-state index < -0.39 is 41.5 Å². The first-order valence-corrected chi connectivity index (χ1v) is 20.8. The molecule has 0 saturated carbocycles. The molecule has 0 aliphatic heterocycles. The molecule has 0 aliphatic rings. The molecule has 0 saturated heterocycles. The van der Waals surface area contributed by atoms with Crippen molar-refractivity contribution in [3.05, 3.63) is 96.1 Å². The minimum absolute atomic E-state index is 0. The molecule has 13 heteroatoms. The minimum Gasteiger partial charge on any atom is -0.870 e. The van der Waals surface area contributed by atoms with Crippen molar-refractivity contribution in [2.24, 2.45) is 0 Å². The van der Waals surface area contributed by atoms with Crippen LogP contribution in [0.4, 0.5) is 0 Å². The molecule has 0 bridgehead atoms.